The minimum atomic E-state index is -0.580. The maximum atomic E-state index is 10.2. The van der Waals surface area contributed by atoms with Gasteiger partial charge in [0.2, 0.25) is 5.89 Å². The van der Waals surface area contributed by atoms with Gasteiger partial charge in [0.15, 0.2) is 5.76 Å². The molecule has 162 valence electrons. The molecule has 2 heterocycles. The van der Waals surface area contributed by atoms with Crippen molar-refractivity contribution in [1.82, 2.24) is 15.4 Å². The summed E-state index contributed by atoms with van der Waals surface area (Å²) in [6, 6.07) is 23.7. The number of aromatic nitrogens is 3. The number of nitrogens with zero attached hydrogens (tertiary/aromatic N) is 3. The van der Waals surface area contributed by atoms with Gasteiger partial charge in [-0.2, -0.15) is 0 Å². The van der Waals surface area contributed by atoms with Gasteiger partial charge in [-0.05, 0) is 54.8 Å². The van der Waals surface area contributed by atoms with Crippen molar-refractivity contribution in [2.24, 2.45) is 0 Å². The summed E-state index contributed by atoms with van der Waals surface area (Å²) in [5, 5.41) is 32.8. The quantitative estimate of drug-likeness (QED) is 0.371. The van der Waals surface area contributed by atoms with Crippen molar-refractivity contribution in [1.29, 1.82) is 0 Å². The molecule has 1 fully saturated rings. The van der Waals surface area contributed by atoms with E-state index < -0.39 is 5.41 Å². The van der Waals surface area contributed by atoms with Crippen LogP contribution in [0.25, 0.3) is 33.8 Å². The van der Waals surface area contributed by atoms with Crippen LogP contribution in [0.4, 0.5) is 0 Å². The normalized spacial score (nSPS) is 14.3. The Kier molecular flexibility index (Phi) is 4.29. The Morgan fingerprint density at radius 3 is 2.21 bits per heavy atom. The highest BCUT2D eigenvalue weighted by Crippen LogP contribution is 2.57. The second kappa shape index (κ2) is 7.34. The third kappa shape index (κ3) is 3.17. The number of hydrogen-bond donors (Lipinski definition) is 2. The predicted molar refractivity (Wildman–Crippen MR) is 120 cm³/mol. The van der Waals surface area contributed by atoms with Gasteiger partial charge in [0, 0.05) is 5.56 Å². The number of phenols is 2. The molecule has 0 saturated heterocycles. The third-order valence-corrected chi connectivity index (χ3v) is 6.05. The molecule has 33 heavy (non-hydrogen) atoms. The van der Waals surface area contributed by atoms with Gasteiger partial charge in [-0.1, -0.05) is 47.6 Å². The zero-order valence-electron chi connectivity index (χ0n) is 17.5. The molecule has 0 amide bonds. The third-order valence-electron chi connectivity index (χ3n) is 6.05. The Labute approximate surface area is 189 Å². The summed E-state index contributed by atoms with van der Waals surface area (Å²) in [7, 11) is 0. The van der Waals surface area contributed by atoms with E-state index >= 15 is 0 Å². The van der Waals surface area contributed by atoms with E-state index in [0.717, 1.165) is 29.5 Å². The van der Waals surface area contributed by atoms with E-state index in [-0.39, 0.29) is 17.4 Å². The lowest BCUT2D eigenvalue weighted by molar-refractivity contribution is 0.345. The van der Waals surface area contributed by atoms with E-state index in [0.29, 0.717) is 22.9 Å². The monoisotopic (exact) mass is 437 g/mol. The molecule has 0 unspecified atom stereocenters. The number of phenolic OH excluding ortho intramolecular Hbond substituents is 2. The van der Waals surface area contributed by atoms with Crippen LogP contribution in [0, 0.1) is 0 Å². The Morgan fingerprint density at radius 1 is 0.758 bits per heavy atom. The van der Waals surface area contributed by atoms with Crippen molar-refractivity contribution in [3.05, 3.63) is 90.5 Å². The van der Waals surface area contributed by atoms with E-state index in [1.165, 1.54) is 0 Å². The van der Waals surface area contributed by atoms with Crippen LogP contribution in [-0.2, 0) is 5.41 Å². The second-order valence-corrected chi connectivity index (χ2v) is 8.16. The maximum Gasteiger partial charge on any atom is 0.251 e. The lowest BCUT2D eigenvalue weighted by Crippen LogP contribution is -2.09. The maximum absolute atomic E-state index is 10.2. The standard InChI is InChI=1S/C26H19N3O4/c30-18-12-10-17(11-13-18)22-21(16-6-2-1-3-7-16)23(33-29-22)26(14-15-26)25-28-27-24(32-25)19-8-4-5-9-20(19)31/h1-13,30-31H,14-15H2. The number of hydrogen-bond acceptors (Lipinski definition) is 7. The molecule has 0 aliphatic heterocycles. The van der Waals surface area contributed by atoms with E-state index in [4.69, 9.17) is 8.94 Å². The van der Waals surface area contributed by atoms with E-state index in [1.807, 2.05) is 42.5 Å². The van der Waals surface area contributed by atoms with Crippen LogP contribution >= 0.6 is 0 Å². The minimum absolute atomic E-state index is 0.0804. The van der Waals surface area contributed by atoms with Gasteiger partial charge in [0.05, 0.1) is 11.1 Å². The SMILES string of the molecule is Oc1ccc(-c2noc(C3(c4nnc(-c5ccccc5O)o4)CC3)c2-c2ccccc2)cc1. The smallest absolute Gasteiger partial charge is 0.251 e. The molecule has 7 heteroatoms. The molecular formula is C26H19N3O4. The number of para-hydroxylation sites is 1. The van der Waals surface area contributed by atoms with Crippen molar-refractivity contribution in [3.8, 4) is 45.3 Å². The average molecular weight is 437 g/mol. The van der Waals surface area contributed by atoms with E-state index in [2.05, 4.69) is 15.4 Å². The molecule has 1 saturated carbocycles. The van der Waals surface area contributed by atoms with Gasteiger partial charge in [0.1, 0.15) is 22.6 Å². The van der Waals surface area contributed by atoms with Crippen LogP contribution in [-0.4, -0.2) is 25.6 Å². The highest BCUT2D eigenvalue weighted by atomic mass is 16.5. The summed E-state index contributed by atoms with van der Waals surface area (Å²) in [6.07, 6.45) is 1.55. The Morgan fingerprint density at radius 2 is 1.48 bits per heavy atom. The molecule has 2 aromatic heterocycles. The first-order valence-corrected chi connectivity index (χ1v) is 10.6. The molecule has 0 radical (unpaired) electrons. The van der Waals surface area contributed by atoms with Gasteiger partial charge in [-0.3, -0.25) is 0 Å². The summed E-state index contributed by atoms with van der Waals surface area (Å²) in [5.41, 5.74) is 3.24. The minimum Gasteiger partial charge on any atom is -0.508 e. The second-order valence-electron chi connectivity index (χ2n) is 8.16. The molecule has 5 aromatic rings. The summed E-state index contributed by atoms with van der Waals surface area (Å²) in [5.74, 6) is 1.63. The highest BCUT2D eigenvalue weighted by molar-refractivity contribution is 5.83. The zero-order valence-corrected chi connectivity index (χ0v) is 17.5. The van der Waals surface area contributed by atoms with Crippen LogP contribution in [0.2, 0.25) is 0 Å². The van der Waals surface area contributed by atoms with Crippen molar-refractivity contribution < 1.29 is 19.2 Å². The molecule has 3 aromatic carbocycles. The van der Waals surface area contributed by atoms with Gasteiger partial charge >= 0.3 is 0 Å². The predicted octanol–water partition coefficient (Wildman–Crippen LogP) is 5.55. The van der Waals surface area contributed by atoms with Crippen LogP contribution < -0.4 is 0 Å². The molecular weight excluding hydrogens is 418 g/mol. The molecule has 6 rings (SSSR count). The summed E-state index contributed by atoms with van der Waals surface area (Å²) in [6.45, 7) is 0. The van der Waals surface area contributed by atoms with Gasteiger partial charge in [-0.25, -0.2) is 0 Å². The van der Waals surface area contributed by atoms with Crippen LogP contribution in [0.3, 0.4) is 0 Å². The Balaban J connectivity index is 1.49. The van der Waals surface area contributed by atoms with Crippen molar-refractivity contribution in [2.45, 2.75) is 18.3 Å². The molecule has 7 nitrogen and oxygen atoms in total. The molecule has 2 N–H and O–H groups in total. The van der Waals surface area contributed by atoms with Crippen LogP contribution in [0.15, 0.2) is 87.8 Å². The van der Waals surface area contributed by atoms with Crippen molar-refractivity contribution in [2.75, 3.05) is 0 Å². The lowest BCUT2D eigenvalue weighted by atomic mass is 9.92. The van der Waals surface area contributed by atoms with Crippen LogP contribution in [0.1, 0.15) is 24.5 Å². The average Bonchev–Trinajstić information content (AvgIpc) is 3.28. The van der Waals surface area contributed by atoms with E-state index in [1.54, 1.807) is 36.4 Å². The van der Waals surface area contributed by atoms with E-state index in [9.17, 15) is 10.2 Å². The van der Waals surface area contributed by atoms with Crippen molar-refractivity contribution >= 4 is 0 Å². The van der Waals surface area contributed by atoms with Gasteiger partial charge < -0.3 is 19.2 Å². The first kappa shape index (κ1) is 19.3. The Hall–Kier alpha value is -4.39. The largest absolute Gasteiger partial charge is 0.508 e. The van der Waals surface area contributed by atoms with Crippen molar-refractivity contribution in [3.63, 3.8) is 0 Å². The first-order valence-electron chi connectivity index (χ1n) is 10.6. The highest BCUT2D eigenvalue weighted by Gasteiger charge is 2.56. The first-order chi connectivity index (χ1) is 16.2. The number of rotatable bonds is 5. The van der Waals surface area contributed by atoms with Gasteiger partial charge in [-0.15, -0.1) is 10.2 Å². The fraction of sp³-hybridized carbons (Fsp3) is 0.115. The molecule has 1 aliphatic rings. The summed E-state index contributed by atoms with van der Waals surface area (Å²) < 4.78 is 12.0. The fourth-order valence-electron chi connectivity index (χ4n) is 4.15. The molecule has 1 aliphatic carbocycles. The topological polar surface area (TPSA) is 105 Å². The summed E-state index contributed by atoms with van der Waals surface area (Å²) >= 11 is 0. The zero-order chi connectivity index (χ0) is 22.4. The Bertz CT molecular complexity index is 1430. The summed E-state index contributed by atoms with van der Waals surface area (Å²) in [4.78, 5) is 0. The number of aromatic hydroxyl groups is 2. The lowest BCUT2D eigenvalue weighted by Gasteiger charge is -2.10. The van der Waals surface area contributed by atoms with Gasteiger partial charge in [0.25, 0.3) is 5.89 Å². The molecule has 0 atom stereocenters. The molecule has 0 bridgehead atoms. The van der Waals surface area contributed by atoms with Crippen LogP contribution in [0.5, 0.6) is 11.5 Å². The fourth-order valence-corrected chi connectivity index (χ4v) is 4.15. The molecule has 0 spiro atoms. The number of benzene rings is 3.